The molecule has 114 valence electrons. The number of amides is 1. The average Bonchev–Trinajstić information content (AvgIpc) is 2.46. The number of carboxylic acids is 1. The number of nitrogens with zero attached hydrogens (tertiary/aromatic N) is 1. The van der Waals surface area contributed by atoms with E-state index in [9.17, 15) is 19.7 Å². The molecular formula is C13H16N2O6. The van der Waals surface area contributed by atoms with Crippen LogP contribution in [0.15, 0.2) is 18.2 Å². The number of carbonyl (C=O) groups is 2. The minimum Gasteiger partial charge on any atom is -0.478 e. The summed E-state index contributed by atoms with van der Waals surface area (Å²) in [6.45, 7) is 0.961. The lowest BCUT2D eigenvalue weighted by molar-refractivity contribution is -0.384. The molecule has 0 atom stereocenters. The van der Waals surface area contributed by atoms with E-state index in [4.69, 9.17) is 9.84 Å². The first-order valence-electron chi connectivity index (χ1n) is 6.25. The maximum absolute atomic E-state index is 11.9. The van der Waals surface area contributed by atoms with Crippen LogP contribution in [0.5, 0.6) is 0 Å². The van der Waals surface area contributed by atoms with Crippen molar-refractivity contribution in [2.75, 3.05) is 20.3 Å². The number of ether oxygens (including phenoxy) is 1. The molecule has 0 aliphatic carbocycles. The summed E-state index contributed by atoms with van der Waals surface area (Å²) in [7, 11) is 1.58. The van der Waals surface area contributed by atoms with Gasteiger partial charge in [0.2, 0.25) is 0 Å². The summed E-state index contributed by atoms with van der Waals surface area (Å²) in [5.74, 6) is -1.87. The Morgan fingerprint density at radius 1 is 1.29 bits per heavy atom. The van der Waals surface area contributed by atoms with Crippen molar-refractivity contribution < 1.29 is 24.4 Å². The van der Waals surface area contributed by atoms with Gasteiger partial charge in [0.05, 0.1) is 10.5 Å². The topological polar surface area (TPSA) is 119 Å². The van der Waals surface area contributed by atoms with E-state index in [0.717, 1.165) is 24.6 Å². The number of rotatable bonds is 8. The molecule has 0 heterocycles. The maximum Gasteiger partial charge on any atom is 0.335 e. The Morgan fingerprint density at radius 2 is 1.95 bits per heavy atom. The molecule has 8 nitrogen and oxygen atoms in total. The molecule has 1 amide bonds. The van der Waals surface area contributed by atoms with Gasteiger partial charge >= 0.3 is 5.97 Å². The molecule has 0 unspecified atom stereocenters. The van der Waals surface area contributed by atoms with Gasteiger partial charge in [-0.25, -0.2) is 4.79 Å². The average molecular weight is 296 g/mol. The molecule has 0 fully saturated rings. The second kappa shape index (κ2) is 7.95. The maximum atomic E-state index is 11.9. The van der Waals surface area contributed by atoms with Gasteiger partial charge in [-0.3, -0.25) is 14.9 Å². The molecule has 21 heavy (non-hydrogen) atoms. The van der Waals surface area contributed by atoms with E-state index in [1.165, 1.54) is 0 Å². The van der Waals surface area contributed by atoms with E-state index in [1.807, 2.05) is 0 Å². The fraction of sp³-hybridized carbons (Fsp3) is 0.385. The van der Waals surface area contributed by atoms with Crippen LogP contribution in [0.1, 0.15) is 33.6 Å². The second-order valence-electron chi connectivity index (χ2n) is 4.29. The first kappa shape index (κ1) is 16.6. The van der Waals surface area contributed by atoms with Crippen LogP contribution in [0.4, 0.5) is 5.69 Å². The monoisotopic (exact) mass is 296 g/mol. The van der Waals surface area contributed by atoms with Crippen molar-refractivity contribution in [3.05, 3.63) is 39.4 Å². The molecule has 1 rings (SSSR count). The lowest BCUT2D eigenvalue weighted by Gasteiger charge is -2.06. The van der Waals surface area contributed by atoms with Crippen LogP contribution in [0.25, 0.3) is 0 Å². The second-order valence-corrected chi connectivity index (χ2v) is 4.29. The van der Waals surface area contributed by atoms with Crippen LogP contribution in [0, 0.1) is 10.1 Å². The van der Waals surface area contributed by atoms with E-state index in [1.54, 1.807) is 7.11 Å². The van der Waals surface area contributed by atoms with Crippen molar-refractivity contribution in [1.82, 2.24) is 5.32 Å². The zero-order valence-corrected chi connectivity index (χ0v) is 11.5. The van der Waals surface area contributed by atoms with E-state index >= 15 is 0 Å². The van der Waals surface area contributed by atoms with E-state index in [2.05, 4.69) is 5.32 Å². The number of hydrogen-bond acceptors (Lipinski definition) is 5. The SMILES string of the molecule is COCCCCNC(=O)c1cc(C(=O)O)cc([N+](=O)[O-])c1. The Morgan fingerprint density at radius 3 is 2.52 bits per heavy atom. The van der Waals surface area contributed by atoms with Crippen LogP contribution >= 0.6 is 0 Å². The summed E-state index contributed by atoms with van der Waals surface area (Å²) in [4.78, 5) is 32.8. The molecule has 1 aromatic rings. The summed E-state index contributed by atoms with van der Waals surface area (Å²) in [5, 5.41) is 22.2. The van der Waals surface area contributed by atoms with Gasteiger partial charge < -0.3 is 15.2 Å². The van der Waals surface area contributed by atoms with Gasteiger partial charge in [-0.1, -0.05) is 0 Å². The summed E-state index contributed by atoms with van der Waals surface area (Å²) in [6.07, 6.45) is 1.46. The van der Waals surface area contributed by atoms with Crippen molar-refractivity contribution in [2.45, 2.75) is 12.8 Å². The third-order valence-corrected chi connectivity index (χ3v) is 2.70. The minimum atomic E-state index is -1.33. The normalized spacial score (nSPS) is 10.1. The first-order chi connectivity index (χ1) is 9.95. The third-order valence-electron chi connectivity index (χ3n) is 2.70. The molecular weight excluding hydrogens is 280 g/mol. The lowest BCUT2D eigenvalue weighted by atomic mass is 10.1. The molecule has 8 heteroatoms. The summed E-state index contributed by atoms with van der Waals surface area (Å²) < 4.78 is 4.86. The molecule has 0 saturated carbocycles. The Labute approximate surface area is 120 Å². The fourth-order valence-corrected chi connectivity index (χ4v) is 1.65. The quantitative estimate of drug-likeness (QED) is 0.425. The van der Waals surface area contributed by atoms with Crippen LogP contribution in [-0.2, 0) is 4.74 Å². The summed E-state index contributed by atoms with van der Waals surface area (Å²) >= 11 is 0. The van der Waals surface area contributed by atoms with E-state index < -0.39 is 22.5 Å². The minimum absolute atomic E-state index is 0.0478. The van der Waals surface area contributed by atoms with Gasteiger partial charge in [0, 0.05) is 38.0 Å². The molecule has 0 radical (unpaired) electrons. The fourth-order valence-electron chi connectivity index (χ4n) is 1.65. The molecule has 0 aliphatic rings. The number of nitro groups is 1. The highest BCUT2D eigenvalue weighted by atomic mass is 16.6. The van der Waals surface area contributed by atoms with Gasteiger partial charge in [0.1, 0.15) is 0 Å². The highest BCUT2D eigenvalue weighted by molar-refractivity contribution is 5.98. The number of nitrogens with one attached hydrogen (secondary N) is 1. The van der Waals surface area contributed by atoms with Gasteiger partial charge in [-0.2, -0.15) is 0 Å². The number of non-ortho nitro benzene ring substituents is 1. The van der Waals surface area contributed by atoms with Crippen molar-refractivity contribution in [2.24, 2.45) is 0 Å². The van der Waals surface area contributed by atoms with Gasteiger partial charge in [-0.05, 0) is 18.9 Å². The van der Waals surface area contributed by atoms with Crippen molar-refractivity contribution in [3.8, 4) is 0 Å². The Kier molecular flexibility index (Phi) is 6.28. The smallest absolute Gasteiger partial charge is 0.335 e. The largest absolute Gasteiger partial charge is 0.478 e. The van der Waals surface area contributed by atoms with Crippen LogP contribution in [0.2, 0.25) is 0 Å². The molecule has 0 saturated heterocycles. The summed E-state index contributed by atoms with van der Waals surface area (Å²) in [6, 6.07) is 3.08. The van der Waals surface area contributed by atoms with E-state index in [0.29, 0.717) is 19.6 Å². The van der Waals surface area contributed by atoms with Gasteiger partial charge in [-0.15, -0.1) is 0 Å². The number of aromatic carboxylic acids is 1. The predicted molar refractivity (Wildman–Crippen MR) is 73.5 cm³/mol. The zero-order valence-electron chi connectivity index (χ0n) is 11.5. The number of methoxy groups -OCH3 is 1. The Hall–Kier alpha value is -2.48. The molecule has 0 aliphatic heterocycles. The van der Waals surface area contributed by atoms with Crippen molar-refractivity contribution in [3.63, 3.8) is 0 Å². The Bertz CT molecular complexity index is 511. The summed E-state index contributed by atoms with van der Waals surface area (Å²) in [5.41, 5.74) is -0.776. The molecule has 1 aromatic carbocycles. The molecule has 0 bridgehead atoms. The number of benzene rings is 1. The van der Waals surface area contributed by atoms with Gasteiger partial charge in [0.25, 0.3) is 11.6 Å². The standard InChI is InChI=1S/C13H16N2O6/c1-21-5-3-2-4-14-12(16)9-6-10(13(17)18)8-11(7-9)15(19)20/h6-8H,2-5H2,1H3,(H,14,16)(H,17,18). The molecule has 0 aromatic heterocycles. The highest BCUT2D eigenvalue weighted by Gasteiger charge is 2.17. The zero-order chi connectivity index (χ0) is 15.8. The van der Waals surface area contributed by atoms with E-state index in [-0.39, 0.29) is 11.1 Å². The number of nitro benzene ring substituents is 1. The lowest BCUT2D eigenvalue weighted by Crippen LogP contribution is -2.25. The Balaban J connectivity index is 2.78. The predicted octanol–water partition coefficient (Wildman–Crippen LogP) is 1.45. The van der Waals surface area contributed by atoms with Crippen LogP contribution in [-0.4, -0.2) is 42.2 Å². The highest BCUT2D eigenvalue weighted by Crippen LogP contribution is 2.17. The first-order valence-corrected chi connectivity index (χ1v) is 6.25. The van der Waals surface area contributed by atoms with Crippen molar-refractivity contribution >= 4 is 17.6 Å². The van der Waals surface area contributed by atoms with Crippen molar-refractivity contribution in [1.29, 1.82) is 0 Å². The van der Waals surface area contributed by atoms with Gasteiger partial charge in [0.15, 0.2) is 0 Å². The van der Waals surface area contributed by atoms with Crippen LogP contribution in [0.3, 0.4) is 0 Å². The number of carboxylic acid groups (broad SMARTS) is 1. The van der Waals surface area contributed by atoms with Crippen LogP contribution < -0.4 is 5.32 Å². The number of carbonyl (C=O) groups excluding carboxylic acids is 1. The number of hydrogen-bond donors (Lipinski definition) is 2. The number of unbranched alkanes of at least 4 members (excludes halogenated alkanes) is 1. The third kappa shape index (κ3) is 5.19. The molecule has 2 N–H and O–H groups in total. The molecule has 0 spiro atoms.